The van der Waals surface area contributed by atoms with Gasteiger partial charge in [0.15, 0.2) is 5.82 Å². The van der Waals surface area contributed by atoms with E-state index in [2.05, 4.69) is 10.2 Å². The Kier molecular flexibility index (Phi) is 2.45. The second kappa shape index (κ2) is 4.19. The summed E-state index contributed by atoms with van der Waals surface area (Å²) in [5.74, 6) is 0.813. The Morgan fingerprint density at radius 2 is 1.85 bits per heavy atom. The Morgan fingerprint density at radius 3 is 2.65 bits per heavy atom. The molecule has 2 heterocycles. The van der Waals surface area contributed by atoms with Crippen LogP contribution in [0.25, 0.3) is 26.6 Å². The molecular formula is C14H9ClN4S. The van der Waals surface area contributed by atoms with Crippen molar-refractivity contribution in [1.82, 2.24) is 14.6 Å². The molecule has 0 saturated carbocycles. The Morgan fingerprint density at radius 1 is 1.05 bits per heavy atom. The Bertz CT molecular complexity index is 924. The van der Waals surface area contributed by atoms with Crippen LogP contribution in [0, 0.1) is 0 Å². The predicted molar refractivity (Wildman–Crippen MR) is 83.2 cm³/mol. The average Bonchev–Trinajstić information content (AvgIpc) is 2.98. The fourth-order valence-electron chi connectivity index (χ4n) is 2.23. The van der Waals surface area contributed by atoms with Crippen LogP contribution in [0.5, 0.6) is 0 Å². The summed E-state index contributed by atoms with van der Waals surface area (Å²) in [5, 5.41) is 9.24. The third kappa shape index (κ3) is 1.67. The van der Waals surface area contributed by atoms with Gasteiger partial charge in [-0.05, 0) is 42.5 Å². The molecule has 98 valence electrons. The van der Waals surface area contributed by atoms with Gasteiger partial charge >= 0.3 is 0 Å². The highest BCUT2D eigenvalue weighted by Gasteiger charge is 2.13. The van der Waals surface area contributed by atoms with Gasteiger partial charge in [0.25, 0.3) is 0 Å². The topological polar surface area (TPSA) is 56.2 Å². The van der Waals surface area contributed by atoms with Crippen molar-refractivity contribution >= 4 is 43.8 Å². The third-order valence-corrected chi connectivity index (χ3v) is 4.40. The van der Waals surface area contributed by atoms with Crippen molar-refractivity contribution in [2.45, 2.75) is 0 Å². The quantitative estimate of drug-likeness (QED) is 0.543. The van der Waals surface area contributed by atoms with Crippen LogP contribution in [0.15, 0.2) is 42.5 Å². The molecule has 0 atom stereocenters. The molecule has 2 aromatic carbocycles. The molecule has 0 aliphatic rings. The fourth-order valence-corrected chi connectivity index (χ4v) is 3.47. The van der Waals surface area contributed by atoms with Crippen molar-refractivity contribution in [3.05, 3.63) is 47.5 Å². The van der Waals surface area contributed by atoms with E-state index in [4.69, 9.17) is 17.3 Å². The van der Waals surface area contributed by atoms with E-state index < -0.39 is 0 Å². The molecule has 2 N–H and O–H groups in total. The van der Waals surface area contributed by atoms with Crippen LogP contribution in [-0.2, 0) is 0 Å². The fraction of sp³-hybridized carbons (Fsp3) is 0. The molecule has 0 aliphatic carbocycles. The number of thiazole rings is 1. The number of halogens is 1. The van der Waals surface area contributed by atoms with Gasteiger partial charge in [0.2, 0.25) is 4.96 Å². The number of nitrogens with zero attached hydrogens (tertiary/aromatic N) is 3. The summed E-state index contributed by atoms with van der Waals surface area (Å²) >= 11 is 7.61. The number of fused-ring (bicyclic) bond motifs is 3. The number of hydrogen-bond donors (Lipinski definition) is 1. The molecule has 6 heteroatoms. The molecule has 0 spiro atoms. The predicted octanol–water partition coefficient (Wildman–Crippen LogP) is 3.85. The number of benzene rings is 2. The molecule has 4 nitrogen and oxygen atoms in total. The maximum absolute atomic E-state index is 6.03. The molecular weight excluding hydrogens is 292 g/mol. The zero-order valence-corrected chi connectivity index (χ0v) is 11.8. The number of nitrogens with two attached hydrogens (primary N) is 1. The molecule has 0 unspecified atom stereocenters. The van der Waals surface area contributed by atoms with E-state index in [0.29, 0.717) is 0 Å². The molecule has 0 radical (unpaired) electrons. The first-order valence-corrected chi connectivity index (χ1v) is 7.21. The van der Waals surface area contributed by atoms with Crippen LogP contribution in [0.1, 0.15) is 0 Å². The first kappa shape index (κ1) is 11.7. The van der Waals surface area contributed by atoms with Crippen LogP contribution in [0.4, 0.5) is 5.69 Å². The average molecular weight is 301 g/mol. The van der Waals surface area contributed by atoms with E-state index in [-0.39, 0.29) is 0 Å². The zero-order valence-electron chi connectivity index (χ0n) is 10.2. The minimum Gasteiger partial charge on any atom is -0.399 e. The normalized spacial score (nSPS) is 11.4. The van der Waals surface area contributed by atoms with Gasteiger partial charge in [-0.25, -0.2) is 0 Å². The van der Waals surface area contributed by atoms with Crippen molar-refractivity contribution in [3.63, 3.8) is 0 Å². The maximum atomic E-state index is 6.03. The molecule has 0 saturated heterocycles. The van der Waals surface area contributed by atoms with Crippen LogP contribution in [0.2, 0.25) is 5.02 Å². The summed E-state index contributed by atoms with van der Waals surface area (Å²) in [4.78, 5) is 0.856. The lowest BCUT2D eigenvalue weighted by Crippen LogP contribution is -1.89. The molecule has 4 aromatic rings. The highest BCUT2D eigenvalue weighted by atomic mass is 35.5. The largest absolute Gasteiger partial charge is 0.399 e. The van der Waals surface area contributed by atoms with Crippen LogP contribution in [-0.4, -0.2) is 14.6 Å². The van der Waals surface area contributed by atoms with Gasteiger partial charge < -0.3 is 5.73 Å². The highest BCUT2D eigenvalue weighted by Crippen LogP contribution is 2.31. The molecule has 4 rings (SSSR count). The van der Waals surface area contributed by atoms with Crippen LogP contribution >= 0.6 is 22.9 Å². The van der Waals surface area contributed by atoms with Crippen molar-refractivity contribution in [2.75, 3.05) is 5.73 Å². The molecule has 0 aliphatic heterocycles. The summed E-state index contributed by atoms with van der Waals surface area (Å²) in [6.07, 6.45) is 0. The van der Waals surface area contributed by atoms with Gasteiger partial charge in [-0.1, -0.05) is 22.9 Å². The van der Waals surface area contributed by atoms with E-state index in [0.717, 1.165) is 37.3 Å². The van der Waals surface area contributed by atoms with Gasteiger partial charge in [-0.15, -0.1) is 10.2 Å². The monoisotopic (exact) mass is 300 g/mol. The number of anilines is 1. The van der Waals surface area contributed by atoms with Gasteiger partial charge in [0.05, 0.1) is 10.2 Å². The van der Waals surface area contributed by atoms with E-state index in [1.807, 2.05) is 46.9 Å². The lowest BCUT2D eigenvalue weighted by molar-refractivity contribution is 1.12. The lowest BCUT2D eigenvalue weighted by atomic mass is 10.2. The van der Waals surface area contributed by atoms with E-state index in [9.17, 15) is 0 Å². The Labute approximate surface area is 123 Å². The first-order valence-electron chi connectivity index (χ1n) is 6.01. The van der Waals surface area contributed by atoms with Crippen LogP contribution < -0.4 is 5.73 Å². The van der Waals surface area contributed by atoms with Gasteiger partial charge in [-0.2, -0.15) is 0 Å². The maximum Gasteiger partial charge on any atom is 0.217 e. The summed E-state index contributed by atoms with van der Waals surface area (Å²) in [6, 6.07) is 13.4. The number of rotatable bonds is 1. The van der Waals surface area contributed by atoms with Crippen molar-refractivity contribution in [1.29, 1.82) is 0 Å². The Balaban J connectivity index is 2.04. The first-order chi connectivity index (χ1) is 9.72. The summed E-state index contributed by atoms with van der Waals surface area (Å²) in [6.45, 7) is 0. The summed E-state index contributed by atoms with van der Waals surface area (Å²) < 4.78 is 3.14. The van der Waals surface area contributed by atoms with E-state index >= 15 is 0 Å². The van der Waals surface area contributed by atoms with Crippen molar-refractivity contribution in [3.8, 4) is 11.4 Å². The highest BCUT2D eigenvalue weighted by molar-refractivity contribution is 7.23. The molecule has 0 bridgehead atoms. The minimum atomic E-state index is 0.726. The number of nitrogen functional groups attached to an aromatic ring is 1. The van der Waals surface area contributed by atoms with E-state index in [1.165, 1.54) is 0 Å². The van der Waals surface area contributed by atoms with Gasteiger partial charge in [0, 0.05) is 16.3 Å². The molecule has 20 heavy (non-hydrogen) atoms. The smallest absolute Gasteiger partial charge is 0.217 e. The molecule has 0 fully saturated rings. The Hall–Kier alpha value is -2.11. The zero-order chi connectivity index (χ0) is 13.7. The van der Waals surface area contributed by atoms with Gasteiger partial charge in [0.1, 0.15) is 0 Å². The van der Waals surface area contributed by atoms with Gasteiger partial charge in [-0.3, -0.25) is 4.40 Å². The summed E-state index contributed by atoms with van der Waals surface area (Å²) in [5.41, 5.74) is 8.51. The SMILES string of the molecule is Nc1ccc(-c2nnc3sc4cc(Cl)ccc4n23)cc1. The second-order valence-electron chi connectivity index (χ2n) is 4.48. The third-order valence-electron chi connectivity index (χ3n) is 3.17. The lowest BCUT2D eigenvalue weighted by Gasteiger charge is -2.00. The molecule has 2 aromatic heterocycles. The standard InChI is InChI=1S/C14H9ClN4S/c15-9-3-6-11-12(7-9)20-14-18-17-13(19(11)14)8-1-4-10(16)5-2-8/h1-7H,16H2. The van der Waals surface area contributed by atoms with Crippen molar-refractivity contribution in [2.24, 2.45) is 0 Å². The second-order valence-corrected chi connectivity index (χ2v) is 5.92. The van der Waals surface area contributed by atoms with Crippen molar-refractivity contribution < 1.29 is 0 Å². The number of aromatic nitrogens is 3. The van der Waals surface area contributed by atoms with Crippen LogP contribution in [0.3, 0.4) is 0 Å². The summed E-state index contributed by atoms with van der Waals surface area (Å²) in [7, 11) is 0. The molecule has 0 amide bonds. The van der Waals surface area contributed by atoms with E-state index in [1.54, 1.807) is 11.3 Å². The number of hydrogen-bond acceptors (Lipinski definition) is 4. The minimum absolute atomic E-state index is 0.726.